The largest absolute Gasteiger partial charge is 0.484 e. The minimum atomic E-state index is -0.341. The molecule has 1 N–H and O–H groups in total. The maximum atomic E-state index is 13.4. The van der Waals surface area contributed by atoms with Crippen molar-refractivity contribution in [3.8, 4) is 5.75 Å². The summed E-state index contributed by atoms with van der Waals surface area (Å²) in [6.45, 7) is 0.878. The Morgan fingerprint density at radius 2 is 2.07 bits per heavy atom. The molecule has 1 aromatic heterocycles. The number of amides is 1. The summed E-state index contributed by atoms with van der Waals surface area (Å²) in [7, 11) is 0. The molecule has 0 unspecified atom stereocenters. The zero-order chi connectivity index (χ0) is 18.6. The molecular formula is C20H18FN3O3. The van der Waals surface area contributed by atoms with E-state index in [2.05, 4.69) is 10.5 Å². The molecule has 0 bridgehead atoms. The van der Waals surface area contributed by atoms with Gasteiger partial charge in [-0.1, -0.05) is 29.4 Å². The van der Waals surface area contributed by atoms with Gasteiger partial charge in [-0.15, -0.1) is 0 Å². The third kappa shape index (κ3) is 3.92. The monoisotopic (exact) mass is 367 g/mol. The SMILES string of the molecule is O=C(COc1ccccc1)N1CCc2onc(Nc3cccc(F)c3)c2C1. The van der Waals surface area contributed by atoms with Crippen LogP contribution in [0.15, 0.2) is 59.1 Å². The molecule has 1 amide bonds. The highest BCUT2D eigenvalue weighted by Crippen LogP contribution is 2.28. The number of para-hydroxylation sites is 1. The molecule has 0 fully saturated rings. The number of nitrogens with one attached hydrogen (secondary N) is 1. The van der Waals surface area contributed by atoms with Crippen LogP contribution in [0.5, 0.6) is 5.75 Å². The smallest absolute Gasteiger partial charge is 0.260 e. The topological polar surface area (TPSA) is 67.6 Å². The van der Waals surface area contributed by atoms with E-state index in [0.717, 1.165) is 11.3 Å². The number of aromatic nitrogens is 1. The average molecular weight is 367 g/mol. The molecule has 3 aromatic rings. The van der Waals surface area contributed by atoms with E-state index in [1.165, 1.54) is 12.1 Å². The van der Waals surface area contributed by atoms with Crippen LogP contribution in [0.3, 0.4) is 0 Å². The van der Waals surface area contributed by atoms with Gasteiger partial charge in [-0.05, 0) is 30.3 Å². The van der Waals surface area contributed by atoms with E-state index in [1.807, 2.05) is 30.3 Å². The summed E-state index contributed by atoms with van der Waals surface area (Å²) >= 11 is 0. The number of fused-ring (bicyclic) bond motifs is 1. The van der Waals surface area contributed by atoms with Crippen LogP contribution in [-0.4, -0.2) is 29.1 Å². The van der Waals surface area contributed by atoms with Gasteiger partial charge in [0, 0.05) is 18.7 Å². The number of ether oxygens (including phenoxy) is 1. The molecule has 27 heavy (non-hydrogen) atoms. The van der Waals surface area contributed by atoms with Crippen molar-refractivity contribution in [2.45, 2.75) is 13.0 Å². The van der Waals surface area contributed by atoms with E-state index in [1.54, 1.807) is 17.0 Å². The summed E-state index contributed by atoms with van der Waals surface area (Å²) < 4.78 is 24.3. The molecular weight excluding hydrogens is 349 g/mol. The summed E-state index contributed by atoms with van der Waals surface area (Å²) in [6, 6.07) is 15.3. The molecule has 1 aliphatic heterocycles. The Morgan fingerprint density at radius 3 is 2.89 bits per heavy atom. The number of rotatable bonds is 5. The van der Waals surface area contributed by atoms with Crippen molar-refractivity contribution in [1.82, 2.24) is 10.1 Å². The van der Waals surface area contributed by atoms with Crippen LogP contribution in [0, 0.1) is 5.82 Å². The normalized spacial score (nSPS) is 13.1. The number of carbonyl (C=O) groups excluding carboxylic acids is 1. The molecule has 138 valence electrons. The molecule has 1 aliphatic rings. The predicted molar refractivity (Wildman–Crippen MR) is 97.2 cm³/mol. The maximum absolute atomic E-state index is 13.4. The number of anilines is 2. The quantitative estimate of drug-likeness (QED) is 0.747. The van der Waals surface area contributed by atoms with Gasteiger partial charge in [0.15, 0.2) is 12.4 Å². The lowest BCUT2D eigenvalue weighted by Crippen LogP contribution is -2.38. The number of halogens is 1. The first-order chi connectivity index (χ1) is 13.2. The van der Waals surface area contributed by atoms with E-state index in [-0.39, 0.29) is 18.3 Å². The Hall–Kier alpha value is -3.35. The van der Waals surface area contributed by atoms with E-state index in [4.69, 9.17) is 9.26 Å². The van der Waals surface area contributed by atoms with Crippen LogP contribution in [0.4, 0.5) is 15.9 Å². The first-order valence-corrected chi connectivity index (χ1v) is 8.64. The number of carbonyl (C=O) groups is 1. The Kier molecular flexibility index (Phi) is 4.74. The van der Waals surface area contributed by atoms with Crippen molar-refractivity contribution >= 4 is 17.4 Å². The summed E-state index contributed by atoms with van der Waals surface area (Å²) in [5, 5.41) is 7.09. The van der Waals surface area contributed by atoms with Crippen molar-refractivity contribution in [1.29, 1.82) is 0 Å². The summed E-state index contributed by atoms with van der Waals surface area (Å²) in [5.41, 5.74) is 1.38. The van der Waals surface area contributed by atoms with Crippen molar-refractivity contribution in [3.63, 3.8) is 0 Å². The van der Waals surface area contributed by atoms with Gasteiger partial charge in [0.2, 0.25) is 0 Å². The molecule has 0 saturated carbocycles. The Bertz CT molecular complexity index is 943. The third-order valence-electron chi connectivity index (χ3n) is 4.37. The summed E-state index contributed by atoms with van der Waals surface area (Å²) in [6.07, 6.45) is 0.574. The fourth-order valence-corrected chi connectivity index (χ4v) is 2.98. The molecule has 0 saturated heterocycles. The van der Waals surface area contributed by atoms with Crippen LogP contribution in [-0.2, 0) is 17.8 Å². The standard InChI is InChI=1S/C20H18FN3O3/c21-14-5-4-6-15(11-14)22-20-17-12-24(10-9-18(17)27-23-20)19(25)13-26-16-7-2-1-3-8-16/h1-8,11H,9-10,12-13H2,(H,22,23). The third-order valence-corrected chi connectivity index (χ3v) is 4.37. The minimum absolute atomic E-state index is 0.0305. The van der Waals surface area contributed by atoms with Gasteiger partial charge in [-0.25, -0.2) is 4.39 Å². The van der Waals surface area contributed by atoms with Crippen LogP contribution >= 0.6 is 0 Å². The molecule has 0 spiro atoms. The lowest BCUT2D eigenvalue weighted by atomic mass is 10.1. The summed E-state index contributed by atoms with van der Waals surface area (Å²) in [4.78, 5) is 14.2. The fraction of sp³-hybridized carbons (Fsp3) is 0.200. The van der Waals surface area contributed by atoms with E-state index < -0.39 is 0 Å². The van der Waals surface area contributed by atoms with Gasteiger partial charge in [0.25, 0.3) is 5.91 Å². The van der Waals surface area contributed by atoms with Crippen molar-refractivity contribution in [2.24, 2.45) is 0 Å². The number of benzene rings is 2. The second-order valence-corrected chi connectivity index (χ2v) is 6.24. The molecule has 0 atom stereocenters. The van der Waals surface area contributed by atoms with Gasteiger partial charge in [-0.2, -0.15) is 0 Å². The van der Waals surface area contributed by atoms with Gasteiger partial charge in [-0.3, -0.25) is 4.79 Å². The molecule has 2 aromatic carbocycles. The van der Waals surface area contributed by atoms with Crippen LogP contribution < -0.4 is 10.1 Å². The molecule has 2 heterocycles. The first kappa shape index (κ1) is 17.1. The van der Waals surface area contributed by atoms with Crippen LogP contribution in [0.25, 0.3) is 0 Å². The minimum Gasteiger partial charge on any atom is -0.484 e. The molecule has 6 nitrogen and oxygen atoms in total. The van der Waals surface area contributed by atoms with E-state index >= 15 is 0 Å². The van der Waals surface area contributed by atoms with Crippen molar-refractivity contribution in [2.75, 3.05) is 18.5 Å². The van der Waals surface area contributed by atoms with Gasteiger partial charge >= 0.3 is 0 Å². The van der Waals surface area contributed by atoms with Crippen LogP contribution in [0.2, 0.25) is 0 Å². The fourth-order valence-electron chi connectivity index (χ4n) is 2.98. The Labute approximate surface area is 155 Å². The second kappa shape index (κ2) is 7.49. The van der Waals surface area contributed by atoms with Crippen molar-refractivity contribution < 1.29 is 18.4 Å². The number of hydrogen-bond donors (Lipinski definition) is 1. The summed E-state index contributed by atoms with van der Waals surface area (Å²) in [5.74, 6) is 1.44. The van der Waals surface area contributed by atoms with Crippen molar-refractivity contribution in [3.05, 3.63) is 71.7 Å². The van der Waals surface area contributed by atoms with E-state index in [9.17, 15) is 9.18 Å². The predicted octanol–water partition coefficient (Wildman–Crippen LogP) is 3.52. The van der Waals surface area contributed by atoms with Crippen LogP contribution in [0.1, 0.15) is 11.3 Å². The lowest BCUT2D eigenvalue weighted by Gasteiger charge is -2.26. The maximum Gasteiger partial charge on any atom is 0.260 e. The molecule has 7 heteroatoms. The zero-order valence-corrected chi connectivity index (χ0v) is 14.5. The Morgan fingerprint density at radius 1 is 1.22 bits per heavy atom. The highest BCUT2D eigenvalue weighted by Gasteiger charge is 2.27. The lowest BCUT2D eigenvalue weighted by molar-refractivity contribution is -0.134. The molecule has 0 radical (unpaired) electrons. The molecule has 4 rings (SSSR count). The number of nitrogens with zero attached hydrogens (tertiary/aromatic N) is 2. The Balaban J connectivity index is 1.43. The highest BCUT2D eigenvalue weighted by atomic mass is 19.1. The average Bonchev–Trinajstić information content (AvgIpc) is 3.09. The number of hydrogen-bond acceptors (Lipinski definition) is 5. The van der Waals surface area contributed by atoms with Gasteiger partial charge < -0.3 is 19.5 Å². The highest BCUT2D eigenvalue weighted by molar-refractivity contribution is 5.78. The molecule has 0 aliphatic carbocycles. The first-order valence-electron chi connectivity index (χ1n) is 8.64. The zero-order valence-electron chi connectivity index (χ0n) is 14.5. The van der Waals surface area contributed by atoms with Gasteiger partial charge in [0.05, 0.1) is 12.1 Å². The second-order valence-electron chi connectivity index (χ2n) is 6.24. The van der Waals surface area contributed by atoms with E-state index in [0.29, 0.717) is 36.8 Å². The van der Waals surface area contributed by atoms with Gasteiger partial charge in [0.1, 0.15) is 17.3 Å².